The Hall–Kier alpha value is -0.710. The molecular weight excluding hydrogens is 178 g/mol. The fraction of sp³-hybridized carbons (Fsp3) is 0.875. The van der Waals surface area contributed by atoms with Crippen LogP contribution in [0.25, 0.3) is 0 Å². The number of nitrogens with one attached hydrogen (secondary N) is 1. The van der Waals surface area contributed by atoms with E-state index in [0.29, 0.717) is 0 Å². The second kappa shape index (κ2) is 4.50. The van der Waals surface area contributed by atoms with Crippen LogP contribution >= 0.6 is 0 Å². The van der Waals surface area contributed by atoms with E-state index in [2.05, 4.69) is 5.32 Å². The Morgan fingerprint density at radius 2 is 2.38 bits per heavy atom. The summed E-state index contributed by atoms with van der Waals surface area (Å²) in [6, 6.07) is -0.209. The van der Waals surface area contributed by atoms with Crippen molar-refractivity contribution < 1.29 is 13.6 Å². The molecule has 1 aliphatic rings. The SMILES string of the molecule is CN1CCCC1C(=O)NCC(F)F. The molecule has 5 heteroatoms. The first-order chi connectivity index (χ1) is 6.11. The van der Waals surface area contributed by atoms with Gasteiger partial charge >= 0.3 is 0 Å². The first-order valence-corrected chi connectivity index (χ1v) is 4.37. The molecule has 0 aromatic rings. The smallest absolute Gasteiger partial charge is 0.255 e. The van der Waals surface area contributed by atoms with E-state index in [0.717, 1.165) is 19.4 Å². The molecule has 1 atom stereocenters. The Balaban J connectivity index is 2.30. The van der Waals surface area contributed by atoms with Crippen LogP contribution in [-0.2, 0) is 4.79 Å². The lowest BCUT2D eigenvalue weighted by Gasteiger charge is -2.18. The van der Waals surface area contributed by atoms with Gasteiger partial charge in [-0.1, -0.05) is 0 Å². The number of halogens is 2. The van der Waals surface area contributed by atoms with Crippen molar-refractivity contribution in [2.24, 2.45) is 0 Å². The minimum atomic E-state index is -2.46. The molecule has 0 saturated carbocycles. The van der Waals surface area contributed by atoms with Crippen LogP contribution in [0.15, 0.2) is 0 Å². The van der Waals surface area contributed by atoms with Crippen molar-refractivity contribution in [1.82, 2.24) is 10.2 Å². The lowest BCUT2D eigenvalue weighted by Crippen LogP contribution is -2.42. The number of alkyl halides is 2. The van der Waals surface area contributed by atoms with E-state index < -0.39 is 13.0 Å². The summed E-state index contributed by atoms with van der Waals surface area (Å²) in [6.07, 6.45) is -0.731. The van der Waals surface area contributed by atoms with E-state index in [1.54, 1.807) is 0 Å². The molecule has 0 aromatic heterocycles. The topological polar surface area (TPSA) is 32.3 Å². The molecule has 3 nitrogen and oxygen atoms in total. The van der Waals surface area contributed by atoms with E-state index in [-0.39, 0.29) is 11.9 Å². The van der Waals surface area contributed by atoms with Gasteiger partial charge in [0.15, 0.2) is 0 Å². The number of rotatable bonds is 3. The van der Waals surface area contributed by atoms with E-state index in [9.17, 15) is 13.6 Å². The fourth-order valence-corrected chi connectivity index (χ4v) is 1.54. The maximum atomic E-state index is 11.8. The summed E-state index contributed by atoms with van der Waals surface area (Å²) in [5.41, 5.74) is 0. The summed E-state index contributed by atoms with van der Waals surface area (Å²) in [5, 5.41) is 2.22. The van der Waals surface area contributed by atoms with Crippen LogP contribution in [0, 0.1) is 0 Å². The minimum Gasteiger partial charge on any atom is -0.349 e. The molecule has 1 heterocycles. The zero-order chi connectivity index (χ0) is 9.84. The maximum Gasteiger partial charge on any atom is 0.255 e. The number of likely N-dealkylation sites (tertiary alicyclic amines) is 1. The normalized spacial score (nSPS) is 23.8. The van der Waals surface area contributed by atoms with Crippen molar-refractivity contribution in [2.45, 2.75) is 25.3 Å². The van der Waals surface area contributed by atoms with Gasteiger partial charge < -0.3 is 5.32 Å². The van der Waals surface area contributed by atoms with Crippen molar-refractivity contribution >= 4 is 5.91 Å². The largest absolute Gasteiger partial charge is 0.349 e. The van der Waals surface area contributed by atoms with Crippen molar-refractivity contribution in [2.75, 3.05) is 20.1 Å². The first kappa shape index (κ1) is 10.4. The number of likely N-dealkylation sites (N-methyl/N-ethyl adjacent to an activating group) is 1. The fourth-order valence-electron chi connectivity index (χ4n) is 1.54. The first-order valence-electron chi connectivity index (χ1n) is 4.37. The number of nitrogens with zero attached hydrogens (tertiary/aromatic N) is 1. The number of carbonyl (C=O) groups excluding carboxylic acids is 1. The third-order valence-corrected chi connectivity index (χ3v) is 2.25. The molecule has 1 rings (SSSR count). The third kappa shape index (κ3) is 2.91. The molecule has 13 heavy (non-hydrogen) atoms. The van der Waals surface area contributed by atoms with Crippen molar-refractivity contribution in [3.8, 4) is 0 Å². The van der Waals surface area contributed by atoms with Gasteiger partial charge in [0.25, 0.3) is 6.43 Å². The molecule has 1 saturated heterocycles. The highest BCUT2D eigenvalue weighted by Gasteiger charge is 2.27. The number of carbonyl (C=O) groups is 1. The Morgan fingerprint density at radius 3 is 2.85 bits per heavy atom. The molecule has 0 spiro atoms. The molecule has 76 valence electrons. The highest BCUT2D eigenvalue weighted by atomic mass is 19.3. The van der Waals surface area contributed by atoms with Crippen LogP contribution in [0.3, 0.4) is 0 Å². The predicted molar refractivity (Wildman–Crippen MR) is 44.7 cm³/mol. The Bertz CT molecular complexity index is 187. The monoisotopic (exact) mass is 192 g/mol. The maximum absolute atomic E-state index is 11.8. The van der Waals surface area contributed by atoms with Gasteiger partial charge in [-0.15, -0.1) is 0 Å². The molecule has 0 radical (unpaired) electrons. The van der Waals surface area contributed by atoms with E-state index >= 15 is 0 Å². The van der Waals surface area contributed by atoms with E-state index in [1.807, 2.05) is 11.9 Å². The number of hydrogen-bond donors (Lipinski definition) is 1. The van der Waals surface area contributed by atoms with Crippen LogP contribution in [0.1, 0.15) is 12.8 Å². The average molecular weight is 192 g/mol. The van der Waals surface area contributed by atoms with Crippen LogP contribution in [0.5, 0.6) is 0 Å². The summed E-state index contributed by atoms with van der Waals surface area (Å²) in [5.74, 6) is -0.277. The molecule has 1 fully saturated rings. The highest BCUT2D eigenvalue weighted by molar-refractivity contribution is 5.81. The Morgan fingerprint density at radius 1 is 1.69 bits per heavy atom. The van der Waals surface area contributed by atoms with Crippen LogP contribution in [0.4, 0.5) is 8.78 Å². The molecule has 1 N–H and O–H groups in total. The summed E-state index contributed by atoms with van der Waals surface area (Å²) in [4.78, 5) is 13.2. The van der Waals surface area contributed by atoms with Crippen LogP contribution in [-0.4, -0.2) is 43.4 Å². The van der Waals surface area contributed by atoms with Crippen molar-refractivity contribution in [3.63, 3.8) is 0 Å². The summed E-state index contributed by atoms with van der Waals surface area (Å²) in [6.45, 7) is 0.329. The van der Waals surface area contributed by atoms with Gasteiger partial charge in [0.05, 0.1) is 12.6 Å². The molecule has 0 aliphatic carbocycles. The average Bonchev–Trinajstić information content (AvgIpc) is 2.47. The zero-order valence-electron chi connectivity index (χ0n) is 7.59. The number of amides is 1. The lowest BCUT2D eigenvalue weighted by molar-refractivity contribution is -0.125. The van der Waals surface area contributed by atoms with Crippen LogP contribution in [0.2, 0.25) is 0 Å². The second-order valence-corrected chi connectivity index (χ2v) is 3.27. The standard InChI is InChI=1S/C8H14F2N2O/c1-12-4-2-3-6(12)8(13)11-5-7(9)10/h6-7H,2-5H2,1H3,(H,11,13). The summed E-state index contributed by atoms with van der Waals surface area (Å²) >= 11 is 0. The molecule has 1 amide bonds. The quantitative estimate of drug-likeness (QED) is 0.704. The van der Waals surface area contributed by atoms with Gasteiger partial charge in [0, 0.05) is 0 Å². The van der Waals surface area contributed by atoms with Gasteiger partial charge in [-0.2, -0.15) is 0 Å². The highest BCUT2D eigenvalue weighted by Crippen LogP contribution is 2.14. The molecule has 1 unspecified atom stereocenters. The van der Waals surface area contributed by atoms with Gasteiger partial charge in [0.1, 0.15) is 0 Å². The second-order valence-electron chi connectivity index (χ2n) is 3.27. The van der Waals surface area contributed by atoms with Gasteiger partial charge in [-0.25, -0.2) is 8.78 Å². The number of hydrogen-bond acceptors (Lipinski definition) is 2. The van der Waals surface area contributed by atoms with Gasteiger partial charge in [0.2, 0.25) is 5.91 Å². The predicted octanol–water partition coefficient (Wildman–Crippen LogP) is 0.462. The van der Waals surface area contributed by atoms with Crippen LogP contribution < -0.4 is 5.32 Å². The molecule has 0 aromatic carbocycles. The zero-order valence-corrected chi connectivity index (χ0v) is 7.59. The summed E-state index contributed by atoms with van der Waals surface area (Å²) in [7, 11) is 1.83. The van der Waals surface area contributed by atoms with E-state index in [1.165, 1.54) is 0 Å². The Kier molecular flexibility index (Phi) is 3.59. The lowest BCUT2D eigenvalue weighted by atomic mass is 10.2. The van der Waals surface area contributed by atoms with Crippen molar-refractivity contribution in [3.05, 3.63) is 0 Å². The molecule has 0 bridgehead atoms. The van der Waals surface area contributed by atoms with Crippen molar-refractivity contribution in [1.29, 1.82) is 0 Å². The Labute approximate surface area is 76.1 Å². The minimum absolute atomic E-state index is 0.209. The van der Waals surface area contributed by atoms with Gasteiger partial charge in [-0.3, -0.25) is 9.69 Å². The third-order valence-electron chi connectivity index (χ3n) is 2.25. The summed E-state index contributed by atoms with van der Waals surface area (Å²) < 4.78 is 23.5. The molecule has 1 aliphatic heterocycles. The van der Waals surface area contributed by atoms with Gasteiger partial charge in [-0.05, 0) is 26.4 Å². The molecular formula is C8H14F2N2O. The van der Waals surface area contributed by atoms with E-state index in [4.69, 9.17) is 0 Å².